The Labute approximate surface area is 162 Å². The van der Waals surface area contributed by atoms with Gasteiger partial charge in [-0.15, -0.1) is 11.3 Å². The number of nitrogens with zero attached hydrogens (tertiary/aromatic N) is 2. The number of benzene rings is 2. The Morgan fingerprint density at radius 1 is 1.22 bits per heavy atom. The molecule has 1 atom stereocenters. The lowest BCUT2D eigenvalue weighted by atomic mass is 10.1. The highest BCUT2D eigenvalue weighted by molar-refractivity contribution is 7.18. The molecule has 4 nitrogen and oxygen atoms in total. The van der Waals surface area contributed by atoms with Gasteiger partial charge in [0.05, 0.1) is 22.8 Å². The third-order valence-corrected chi connectivity index (χ3v) is 6.12. The molecule has 2 heterocycles. The van der Waals surface area contributed by atoms with Gasteiger partial charge in [0, 0.05) is 6.54 Å². The van der Waals surface area contributed by atoms with Crippen LogP contribution in [-0.4, -0.2) is 35.4 Å². The van der Waals surface area contributed by atoms with Crippen molar-refractivity contribution in [3.05, 3.63) is 64.9 Å². The molecule has 1 fully saturated rings. The van der Waals surface area contributed by atoms with E-state index in [0.717, 1.165) is 29.9 Å². The molecule has 4 rings (SSSR count). The molecule has 0 unspecified atom stereocenters. The molecule has 1 amide bonds. The Kier molecular flexibility index (Phi) is 5.45. The highest BCUT2D eigenvalue weighted by Gasteiger charge is 2.29. The van der Waals surface area contributed by atoms with Gasteiger partial charge < -0.3 is 5.32 Å². The summed E-state index contributed by atoms with van der Waals surface area (Å²) in [6.07, 6.45) is 2.60. The molecule has 2 aromatic carbocycles. The van der Waals surface area contributed by atoms with Gasteiger partial charge in [-0.1, -0.05) is 30.3 Å². The Morgan fingerprint density at radius 3 is 2.89 bits per heavy atom. The lowest BCUT2D eigenvalue weighted by Crippen LogP contribution is -2.37. The minimum atomic E-state index is -0.220. The number of thiazole rings is 1. The van der Waals surface area contributed by atoms with E-state index in [1.165, 1.54) is 10.8 Å². The first-order valence-corrected chi connectivity index (χ1v) is 10.1. The zero-order valence-corrected chi connectivity index (χ0v) is 15.8. The molecule has 3 aromatic rings. The molecule has 1 N–H and O–H groups in total. The first-order valence-electron chi connectivity index (χ1n) is 9.30. The second-order valence-corrected chi connectivity index (χ2v) is 7.90. The van der Waals surface area contributed by atoms with Crippen LogP contribution in [0.4, 0.5) is 4.39 Å². The molecule has 0 saturated carbocycles. The van der Waals surface area contributed by atoms with Gasteiger partial charge in [0.15, 0.2) is 0 Å². The fourth-order valence-electron chi connectivity index (χ4n) is 3.61. The van der Waals surface area contributed by atoms with Crippen LogP contribution in [0.5, 0.6) is 0 Å². The maximum absolute atomic E-state index is 13.6. The number of likely N-dealkylation sites (tertiary alicyclic amines) is 1. The number of hydrogen-bond acceptors (Lipinski definition) is 4. The van der Waals surface area contributed by atoms with Gasteiger partial charge in [0.25, 0.3) is 0 Å². The summed E-state index contributed by atoms with van der Waals surface area (Å²) in [7, 11) is 0. The van der Waals surface area contributed by atoms with Crippen LogP contribution in [0, 0.1) is 5.82 Å². The van der Waals surface area contributed by atoms with E-state index in [0.29, 0.717) is 25.1 Å². The van der Waals surface area contributed by atoms with Gasteiger partial charge in [-0.3, -0.25) is 9.69 Å². The summed E-state index contributed by atoms with van der Waals surface area (Å²) in [5.74, 6) is -0.235. The van der Waals surface area contributed by atoms with Crippen LogP contribution in [0.2, 0.25) is 0 Å². The fourth-order valence-corrected chi connectivity index (χ4v) is 4.74. The van der Waals surface area contributed by atoms with E-state index in [2.05, 4.69) is 16.3 Å². The van der Waals surface area contributed by atoms with Crippen LogP contribution in [0.25, 0.3) is 10.2 Å². The van der Waals surface area contributed by atoms with E-state index >= 15 is 0 Å². The zero-order valence-electron chi connectivity index (χ0n) is 15.0. The number of aromatic nitrogens is 1. The molecule has 1 aromatic heterocycles. The number of fused-ring (bicyclic) bond motifs is 1. The average Bonchev–Trinajstić information content (AvgIpc) is 3.29. The van der Waals surface area contributed by atoms with Crippen LogP contribution >= 0.6 is 11.3 Å². The largest absolute Gasteiger partial charge is 0.355 e. The third kappa shape index (κ3) is 4.17. The normalized spacial score (nSPS) is 17.4. The summed E-state index contributed by atoms with van der Waals surface area (Å²) in [4.78, 5) is 19.3. The second-order valence-electron chi connectivity index (χ2n) is 6.84. The number of halogens is 1. The van der Waals surface area contributed by atoms with Crippen LogP contribution in [0.15, 0.2) is 48.5 Å². The molecule has 1 aliphatic heterocycles. The van der Waals surface area contributed by atoms with E-state index in [-0.39, 0.29) is 17.8 Å². The lowest BCUT2D eigenvalue weighted by Gasteiger charge is -2.22. The molecule has 6 heteroatoms. The van der Waals surface area contributed by atoms with Gasteiger partial charge in [0.1, 0.15) is 10.8 Å². The SMILES string of the molecule is O=C(CN1CCC[C@@H]1c1nc2ccccc2s1)NCCc1ccccc1F. The number of para-hydroxylation sites is 1. The fraction of sp³-hybridized carbons (Fsp3) is 0.333. The molecule has 0 spiro atoms. The summed E-state index contributed by atoms with van der Waals surface area (Å²) in [5.41, 5.74) is 1.66. The van der Waals surface area contributed by atoms with Crippen molar-refractivity contribution in [2.45, 2.75) is 25.3 Å². The summed E-state index contributed by atoms with van der Waals surface area (Å²) < 4.78 is 14.8. The van der Waals surface area contributed by atoms with E-state index in [9.17, 15) is 9.18 Å². The van der Waals surface area contributed by atoms with E-state index in [4.69, 9.17) is 4.98 Å². The maximum Gasteiger partial charge on any atom is 0.234 e. The van der Waals surface area contributed by atoms with Crippen molar-refractivity contribution in [2.75, 3.05) is 19.6 Å². The lowest BCUT2D eigenvalue weighted by molar-refractivity contribution is -0.122. The Balaban J connectivity index is 1.34. The van der Waals surface area contributed by atoms with Crippen molar-refractivity contribution in [2.24, 2.45) is 0 Å². The molecular weight excluding hydrogens is 361 g/mol. The molecule has 27 heavy (non-hydrogen) atoms. The third-order valence-electron chi connectivity index (χ3n) is 4.98. The van der Waals surface area contributed by atoms with Crippen molar-refractivity contribution in [1.82, 2.24) is 15.2 Å². The summed E-state index contributed by atoms with van der Waals surface area (Å²) in [5, 5.41) is 4.01. The number of carbonyl (C=O) groups excluding carboxylic acids is 1. The highest BCUT2D eigenvalue weighted by atomic mass is 32.1. The average molecular weight is 383 g/mol. The second kappa shape index (κ2) is 8.15. The van der Waals surface area contributed by atoms with Crippen LogP contribution in [0.3, 0.4) is 0 Å². The molecule has 0 aliphatic carbocycles. The summed E-state index contributed by atoms with van der Waals surface area (Å²) in [6, 6.07) is 15.0. The zero-order chi connectivity index (χ0) is 18.6. The smallest absolute Gasteiger partial charge is 0.234 e. The van der Waals surface area contributed by atoms with Crippen molar-refractivity contribution in [1.29, 1.82) is 0 Å². The quantitative estimate of drug-likeness (QED) is 0.701. The van der Waals surface area contributed by atoms with Crippen molar-refractivity contribution >= 4 is 27.5 Å². The van der Waals surface area contributed by atoms with Gasteiger partial charge >= 0.3 is 0 Å². The number of hydrogen-bond donors (Lipinski definition) is 1. The molecule has 0 bridgehead atoms. The standard InChI is InChI=1S/C21H22FN3OS/c22-16-7-2-1-6-15(16)11-12-23-20(26)14-25-13-5-9-18(25)21-24-17-8-3-4-10-19(17)27-21/h1-4,6-8,10,18H,5,9,11-14H2,(H,23,26)/t18-/m1/s1. The monoisotopic (exact) mass is 383 g/mol. The minimum Gasteiger partial charge on any atom is -0.355 e. The number of amides is 1. The Bertz CT molecular complexity index is 909. The van der Waals surface area contributed by atoms with E-state index < -0.39 is 0 Å². The van der Waals surface area contributed by atoms with Crippen LogP contribution < -0.4 is 5.32 Å². The molecule has 1 saturated heterocycles. The van der Waals surface area contributed by atoms with Crippen molar-refractivity contribution in [3.8, 4) is 0 Å². The number of rotatable bonds is 6. The number of carbonyl (C=O) groups is 1. The molecular formula is C21H22FN3OS. The van der Waals surface area contributed by atoms with Gasteiger partial charge in [-0.25, -0.2) is 9.37 Å². The maximum atomic E-state index is 13.6. The highest BCUT2D eigenvalue weighted by Crippen LogP contribution is 2.36. The minimum absolute atomic E-state index is 0.0145. The van der Waals surface area contributed by atoms with Gasteiger partial charge in [-0.05, 0) is 49.6 Å². The van der Waals surface area contributed by atoms with Gasteiger partial charge in [-0.2, -0.15) is 0 Å². The molecule has 140 valence electrons. The van der Waals surface area contributed by atoms with Gasteiger partial charge in [0.2, 0.25) is 5.91 Å². The Morgan fingerprint density at radius 2 is 2.04 bits per heavy atom. The molecule has 1 aliphatic rings. The first kappa shape index (κ1) is 18.1. The summed E-state index contributed by atoms with van der Waals surface area (Å²) in [6.45, 7) is 1.71. The van der Waals surface area contributed by atoms with E-state index in [1.54, 1.807) is 23.5 Å². The number of nitrogens with one attached hydrogen (secondary N) is 1. The predicted octanol–water partition coefficient (Wildman–Crippen LogP) is 3.93. The summed E-state index contributed by atoms with van der Waals surface area (Å²) >= 11 is 1.72. The predicted molar refractivity (Wildman–Crippen MR) is 106 cm³/mol. The van der Waals surface area contributed by atoms with Crippen molar-refractivity contribution < 1.29 is 9.18 Å². The van der Waals surface area contributed by atoms with E-state index in [1.807, 2.05) is 24.3 Å². The van der Waals surface area contributed by atoms with Crippen LogP contribution in [-0.2, 0) is 11.2 Å². The molecule has 0 radical (unpaired) electrons. The van der Waals surface area contributed by atoms with Crippen LogP contribution in [0.1, 0.15) is 29.5 Å². The first-order chi connectivity index (χ1) is 13.2. The van der Waals surface area contributed by atoms with Crippen molar-refractivity contribution in [3.63, 3.8) is 0 Å². The Hall–Kier alpha value is -2.31. The topological polar surface area (TPSA) is 45.2 Å².